The zero-order chi connectivity index (χ0) is 20.4. The van der Waals surface area contributed by atoms with Crippen LogP contribution < -0.4 is 0 Å². The molecule has 0 aliphatic rings. The molecule has 0 aliphatic carbocycles. The van der Waals surface area contributed by atoms with Crippen LogP contribution in [0.3, 0.4) is 0 Å². The van der Waals surface area contributed by atoms with Gasteiger partial charge in [0.05, 0.1) is 17.9 Å². The molecule has 0 N–H and O–H groups in total. The predicted octanol–water partition coefficient (Wildman–Crippen LogP) is 4.50. The van der Waals surface area contributed by atoms with Crippen molar-refractivity contribution in [3.8, 4) is 5.82 Å². The van der Waals surface area contributed by atoms with Gasteiger partial charge in [0.15, 0.2) is 5.82 Å². The number of rotatable bonds is 6. The SMILES string of the molecule is Cc1ccc(Cc2cc(Cn3nc(C)cc3C)cc(-n3ccc(CF)n3)n2)cc1. The van der Waals surface area contributed by atoms with Gasteiger partial charge in [0.2, 0.25) is 0 Å². The van der Waals surface area contributed by atoms with Gasteiger partial charge in [-0.1, -0.05) is 29.8 Å². The summed E-state index contributed by atoms with van der Waals surface area (Å²) in [4.78, 5) is 4.79. The highest BCUT2D eigenvalue weighted by molar-refractivity contribution is 5.34. The number of aryl methyl sites for hydroxylation is 3. The Balaban J connectivity index is 1.71. The molecule has 6 heteroatoms. The Labute approximate surface area is 169 Å². The minimum atomic E-state index is -0.589. The number of hydrogen-bond donors (Lipinski definition) is 0. The van der Waals surface area contributed by atoms with E-state index in [1.165, 1.54) is 11.1 Å². The average molecular weight is 389 g/mol. The van der Waals surface area contributed by atoms with Gasteiger partial charge in [-0.05, 0) is 56.2 Å². The summed E-state index contributed by atoms with van der Waals surface area (Å²) >= 11 is 0. The third kappa shape index (κ3) is 4.42. The summed E-state index contributed by atoms with van der Waals surface area (Å²) in [5.74, 6) is 0.686. The molecule has 4 rings (SSSR count). The Kier molecular flexibility index (Phi) is 5.25. The van der Waals surface area contributed by atoms with E-state index >= 15 is 0 Å². The molecule has 0 fully saturated rings. The van der Waals surface area contributed by atoms with E-state index in [-0.39, 0.29) is 0 Å². The lowest BCUT2D eigenvalue weighted by Gasteiger charge is -2.11. The van der Waals surface area contributed by atoms with E-state index in [0.29, 0.717) is 18.1 Å². The van der Waals surface area contributed by atoms with Gasteiger partial charge in [0.1, 0.15) is 6.67 Å². The average Bonchev–Trinajstić information content (AvgIpc) is 3.30. The van der Waals surface area contributed by atoms with Crippen LogP contribution in [0, 0.1) is 20.8 Å². The zero-order valence-corrected chi connectivity index (χ0v) is 16.9. The number of benzene rings is 1. The zero-order valence-electron chi connectivity index (χ0n) is 16.9. The number of pyridine rings is 1. The van der Waals surface area contributed by atoms with Crippen molar-refractivity contribution >= 4 is 0 Å². The van der Waals surface area contributed by atoms with E-state index in [1.807, 2.05) is 17.7 Å². The summed E-state index contributed by atoms with van der Waals surface area (Å²) in [6.45, 7) is 6.18. The molecule has 0 saturated heterocycles. The van der Waals surface area contributed by atoms with Gasteiger partial charge in [-0.2, -0.15) is 10.2 Å². The lowest BCUT2D eigenvalue weighted by atomic mass is 10.1. The number of hydrogen-bond acceptors (Lipinski definition) is 3. The van der Waals surface area contributed by atoms with Crippen molar-refractivity contribution in [2.24, 2.45) is 0 Å². The van der Waals surface area contributed by atoms with Gasteiger partial charge < -0.3 is 0 Å². The monoisotopic (exact) mass is 389 g/mol. The van der Waals surface area contributed by atoms with E-state index < -0.39 is 6.67 Å². The van der Waals surface area contributed by atoms with Crippen molar-refractivity contribution in [2.45, 2.75) is 40.4 Å². The first-order valence-corrected chi connectivity index (χ1v) is 9.67. The molecule has 0 atom stereocenters. The Morgan fingerprint density at radius 3 is 2.31 bits per heavy atom. The molecule has 0 spiro atoms. The van der Waals surface area contributed by atoms with E-state index in [2.05, 4.69) is 60.4 Å². The molecule has 5 nitrogen and oxygen atoms in total. The number of aromatic nitrogens is 5. The molecule has 1 aromatic carbocycles. The lowest BCUT2D eigenvalue weighted by molar-refractivity contribution is 0.473. The van der Waals surface area contributed by atoms with Gasteiger partial charge in [-0.15, -0.1) is 0 Å². The molecule has 0 aliphatic heterocycles. The Bertz CT molecular complexity index is 1120. The Morgan fingerprint density at radius 1 is 0.862 bits per heavy atom. The Hall–Kier alpha value is -3.28. The molecule has 3 aromatic heterocycles. The summed E-state index contributed by atoms with van der Waals surface area (Å²) in [6, 6.07) is 16.3. The summed E-state index contributed by atoms with van der Waals surface area (Å²) in [5, 5.41) is 8.86. The summed E-state index contributed by atoms with van der Waals surface area (Å²) < 4.78 is 16.6. The van der Waals surface area contributed by atoms with Crippen LogP contribution in [0.5, 0.6) is 0 Å². The minimum Gasteiger partial charge on any atom is -0.265 e. The van der Waals surface area contributed by atoms with Gasteiger partial charge in [-0.3, -0.25) is 4.68 Å². The normalized spacial score (nSPS) is 11.2. The summed E-state index contributed by atoms with van der Waals surface area (Å²) in [5.41, 5.74) is 6.96. The molecule has 0 bridgehead atoms. The molecule has 29 heavy (non-hydrogen) atoms. The van der Waals surface area contributed by atoms with Crippen LogP contribution >= 0.6 is 0 Å². The molecule has 0 saturated carbocycles. The maximum Gasteiger partial charge on any atom is 0.153 e. The maximum absolute atomic E-state index is 13.0. The van der Waals surface area contributed by atoms with Crippen molar-refractivity contribution in [1.82, 2.24) is 24.5 Å². The highest BCUT2D eigenvalue weighted by atomic mass is 19.1. The van der Waals surface area contributed by atoms with E-state index in [9.17, 15) is 4.39 Å². The fraction of sp³-hybridized carbons (Fsp3) is 0.261. The number of alkyl halides is 1. The molecule has 148 valence electrons. The van der Waals surface area contributed by atoms with Crippen molar-refractivity contribution in [3.05, 3.63) is 94.2 Å². The van der Waals surface area contributed by atoms with E-state index in [4.69, 9.17) is 4.98 Å². The van der Waals surface area contributed by atoms with Crippen LogP contribution in [0.4, 0.5) is 4.39 Å². The minimum absolute atomic E-state index is 0.399. The fourth-order valence-electron chi connectivity index (χ4n) is 3.42. The first-order valence-electron chi connectivity index (χ1n) is 9.67. The van der Waals surface area contributed by atoms with Gasteiger partial charge in [-0.25, -0.2) is 14.1 Å². The third-order valence-corrected chi connectivity index (χ3v) is 4.88. The Morgan fingerprint density at radius 2 is 1.66 bits per heavy atom. The second-order valence-electron chi connectivity index (χ2n) is 7.46. The largest absolute Gasteiger partial charge is 0.265 e. The number of halogens is 1. The van der Waals surface area contributed by atoms with Crippen molar-refractivity contribution in [3.63, 3.8) is 0 Å². The van der Waals surface area contributed by atoms with Crippen molar-refractivity contribution in [2.75, 3.05) is 0 Å². The smallest absolute Gasteiger partial charge is 0.153 e. The van der Waals surface area contributed by atoms with Crippen LogP contribution in [0.2, 0.25) is 0 Å². The van der Waals surface area contributed by atoms with Crippen LogP contribution in [0.1, 0.15) is 39.5 Å². The number of nitrogens with zero attached hydrogens (tertiary/aromatic N) is 5. The van der Waals surface area contributed by atoms with Crippen LogP contribution in [-0.4, -0.2) is 24.5 Å². The standard InChI is InChI=1S/C23H24FN5/c1-16-4-6-19(7-5-16)11-22-12-20(15-29-18(3)10-17(2)26-29)13-23(25-22)28-9-8-21(14-24)27-28/h4-10,12-13H,11,14-15H2,1-3H3. The molecular weight excluding hydrogens is 365 g/mol. The molecule has 3 heterocycles. The predicted molar refractivity (Wildman–Crippen MR) is 111 cm³/mol. The van der Waals surface area contributed by atoms with E-state index in [1.54, 1.807) is 16.9 Å². The second kappa shape index (κ2) is 7.99. The van der Waals surface area contributed by atoms with Crippen LogP contribution in [0.15, 0.2) is 54.7 Å². The van der Waals surface area contributed by atoms with Crippen molar-refractivity contribution in [1.29, 1.82) is 0 Å². The van der Waals surface area contributed by atoms with Gasteiger partial charge >= 0.3 is 0 Å². The first-order chi connectivity index (χ1) is 14.0. The maximum atomic E-state index is 13.0. The van der Waals surface area contributed by atoms with Crippen LogP contribution in [0.25, 0.3) is 5.82 Å². The highest BCUT2D eigenvalue weighted by Gasteiger charge is 2.10. The first kappa shape index (κ1) is 19.1. The lowest BCUT2D eigenvalue weighted by Crippen LogP contribution is -2.08. The molecule has 0 unspecified atom stereocenters. The van der Waals surface area contributed by atoms with Gasteiger partial charge in [0, 0.05) is 24.0 Å². The summed E-state index contributed by atoms with van der Waals surface area (Å²) in [6.07, 6.45) is 2.47. The third-order valence-electron chi connectivity index (χ3n) is 4.88. The highest BCUT2D eigenvalue weighted by Crippen LogP contribution is 2.17. The van der Waals surface area contributed by atoms with Crippen LogP contribution in [-0.2, 0) is 19.6 Å². The molecule has 0 radical (unpaired) electrons. The van der Waals surface area contributed by atoms with Gasteiger partial charge in [0.25, 0.3) is 0 Å². The molecule has 0 amide bonds. The fourth-order valence-corrected chi connectivity index (χ4v) is 3.42. The molecular formula is C23H24FN5. The quantitative estimate of drug-likeness (QED) is 0.488. The topological polar surface area (TPSA) is 48.5 Å². The molecule has 4 aromatic rings. The summed E-state index contributed by atoms with van der Waals surface area (Å²) in [7, 11) is 0. The second-order valence-corrected chi connectivity index (χ2v) is 7.46. The van der Waals surface area contributed by atoms with Crippen molar-refractivity contribution < 1.29 is 4.39 Å². The van der Waals surface area contributed by atoms with E-state index in [0.717, 1.165) is 29.1 Å².